The number of aromatic hydroxyl groups is 1. The minimum Gasteiger partial charge on any atom is -0.508 e. The van der Waals surface area contributed by atoms with Crippen LogP contribution in [0.5, 0.6) is 17.2 Å². The van der Waals surface area contributed by atoms with Crippen molar-refractivity contribution in [3.8, 4) is 39.5 Å². The second-order valence-electron chi connectivity index (χ2n) is 15.0. The standard InChI is InChI=1S/C29H17ClO.C17H9ClO.C6H6O.CH4O3S.H2/c30-19-14-16-22-21(17-19)28-20-8-2-1-7-18(20)13-15-25(28)29(22)23-9-3-5-11-26(23)31-27-12-6-4-10-24(27)29;18-11-6-8-13-15(9-11)16-12-4-2-1-3-10(12)5-7-14(16)17(13)19;7-6-4-2-1-3-5-6;1-5(2,3)4;/h1-17H;1-9H;1-5,7H;1H3,(H,2,3,4);1H/i;;;;1+1. The molecular formula is C53H38Cl2O6S. The molecule has 0 bridgehead atoms. The van der Waals surface area contributed by atoms with Crippen LogP contribution in [0.1, 0.15) is 39.6 Å². The zero-order chi connectivity index (χ0) is 43.2. The first-order valence-corrected chi connectivity index (χ1v) is 22.3. The molecular weight excluding hydrogens is 836 g/mol. The molecule has 2 N–H and O–H groups in total. The topological polar surface area (TPSA) is 101 Å². The van der Waals surface area contributed by atoms with Crippen molar-refractivity contribution < 1.29 is 29.0 Å². The lowest BCUT2D eigenvalue weighted by atomic mass is 9.66. The summed E-state index contributed by atoms with van der Waals surface area (Å²) in [7, 11) is -3.67. The lowest BCUT2D eigenvalue weighted by molar-refractivity contribution is 0.104. The summed E-state index contributed by atoms with van der Waals surface area (Å²) in [4.78, 5) is 12.4. The van der Waals surface area contributed by atoms with Crippen LogP contribution in [-0.4, -0.2) is 30.1 Å². The Morgan fingerprint density at radius 3 is 1.56 bits per heavy atom. The van der Waals surface area contributed by atoms with Crippen LogP contribution in [0.25, 0.3) is 43.8 Å². The molecule has 12 rings (SSSR count). The molecule has 0 atom stereocenters. The molecule has 0 unspecified atom stereocenters. The maximum atomic E-state index is 12.4. The largest absolute Gasteiger partial charge is 0.508 e. The van der Waals surface area contributed by atoms with Crippen LogP contribution >= 0.6 is 23.2 Å². The molecule has 3 aliphatic rings. The summed E-state index contributed by atoms with van der Waals surface area (Å²) >= 11 is 12.6. The first kappa shape index (κ1) is 40.7. The number of ketones is 1. The maximum Gasteiger partial charge on any atom is 0.261 e. The van der Waals surface area contributed by atoms with E-state index in [1.165, 1.54) is 44.2 Å². The predicted molar refractivity (Wildman–Crippen MR) is 252 cm³/mol. The van der Waals surface area contributed by atoms with Gasteiger partial charge >= 0.3 is 0 Å². The van der Waals surface area contributed by atoms with Crippen LogP contribution < -0.4 is 4.74 Å². The van der Waals surface area contributed by atoms with E-state index in [1.807, 2.05) is 60.7 Å². The van der Waals surface area contributed by atoms with Gasteiger partial charge in [0.15, 0.2) is 5.78 Å². The molecule has 9 aromatic carbocycles. The number of hydrogen-bond acceptors (Lipinski definition) is 5. The van der Waals surface area contributed by atoms with E-state index in [0.29, 0.717) is 17.0 Å². The van der Waals surface area contributed by atoms with E-state index in [4.69, 9.17) is 37.6 Å². The molecule has 0 amide bonds. The quantitative estimate of drug-likeness (QED) is 0.147. The molecule has 9 aromatic rings. The van der Waals surface area contributed by atoms with E-state index in [9.17, 15) is 13.2 Å². The van der Waals surface area contributed by atoms with Crippen molar-refractivity contribution in [2.75, 3.05) is 6.26 Å². The molecule has 0 saturated heterocycles. The Hall–Kier alpha value is -6.74. The number of phenolic OH excluding ortho intramolecular Hbond substituents is 1. The molecule has 1 aliphatic heterocycles. The summed E-state index contributed by atoms with van der Waals surface area (Å²) < 4.78 is 32.2. The number of rotatable bonds is 0. The minimum atomic E-state index is -3.67. The monoisotopic (exact) mass is 873 g/mol. The number of ether oxygens (including phenoxy) is 1. The molecule has 306 valence electrons. The van der Waals surface area contributed by atoms with Crippen molar-refractivity contribution in [2.24, 2.45) is 0 Å². The van der Waals surface area contributed by atoms with Crippen molar-refractivity contribution in [3.05, 3.63) is 231 Å². The van der Waals surface area contributed by atoms with Crippen molar-refractivity contribution in [1.29, 1.82) is 0 Å². The summed E-state index contributed by atoms with van der Waals surface area (Å²) in [5.41, 5.74) is 10.4. The van der Waals surface area contributed by atoms with Crippen LogP contribution in [-0.2, 0) is 15.5 Å². The van der Waals surface area contributed by atoms with E-state index in [0.717, 1.165) is 49.5 Å². The van der Waals surface area contributed by atoms with Crippen molar-refractivity contribution in [2.45, 2.75) is 5.41 Å². The Kier molecular flexibility index (Phi) is 10.7. The van der Waals surface area contributed by atoms with Gasteiger partial charge in [-0.05, 0) is 110 Å². The van der Waals surface area contributed by atoms with E-state index in [1.54, 1.807) is 30.3 Å². The van der Waals surface area contributed by atoms with Crippen LogP contribution in [0, 0.1) is 0 Å². The van der Waals surface area contributed by atoms with Crippen molar-refractivity contribution in [1.82, 2.24) is 0 Å². The maximum absolute atomic E-state index is 12.4. The molecule has 2 aliphatic carbocycles. The highest BCUT2D eigenvalue weighted by Crippen LogP contribution is 2.63. The number of para-hydroxylation sites is 3. The minimum absolute atomic E-state index is 0. The highest BCUT2D eigenvalue weighted by Gasteiger charge is 2.51. The van der Waals surface area contributed by atoms with E-state index >= 15 is 0 Å². The van der Waals surface area contributed by atoms with E-state index < -0.39 is 15.5 Å². The molecule has 0 aromatic heterocycles. The summed E-state index contributed by atoms with van der Waals surface area (Å²) in [5.74, 6) is 2.22. The van der Waals surface area contributed by atoms with Gasteiger partial charge in [0.25, 0.3) is 10.1 Å². The Labute approximate surface area is 370 Å². The zero-order valence-electron chi connectivity index (χ0n) is 33.1. The highest BCUT2D eigenvalue weighted by molar-refractivity contribution is 7.85. The van der Waals surface area contributed by atoms with Gasteiger partial charge in [0, 0.05) is 39.3 Å². The average Bonchev–Trinajstić information content (AvgIpc) is 3.72. The average molecular weight is 875 g/mol. The third-order valence-corrected chi connectivity index (χ3v) is 11.7. The second kappa shape index (κ2) is 16.3. The lowest BCUT2D eigenvalue weighted by Crippen LogP contribution is -2.32. The molecule has 0 saturated carbocycles. The molecule has 0 fully saturated rings. The molecule has 62 heavy (non-hydrogen) atoms. The Morgan fingerprint density at radius 1 is 0.500 bits per heavy atom. The number of fused-ring (bicyclic) bond motifs is 16. The third-order valence-electron chi connectivity index (χ3n) is 11.2. The van der Waals surface area contributed by atoms with E-state index in [2.05, 4.69) is 97.1 Å². The highest BCUT2D eigenvalue weighted by atomic mass is 35.5. The van der Waals surface area contributed by atoms with Crippen LogP contribution in [0.2, 0.25) is 10.0 Å². The number of benzene rings is 9. The van der Waals surface area contributed by atoms with Crippen LogP contribution in [0.15, 0.2) is 188 Å². The summed E-state index contributed by atoms with van der Waals surface area (Å²) in [5, 5.41) is 14.8. The third kappa shape index (κ3) is 7.29. The number of carbonyl (C=O) groups is 1. The van der Waals surface area contributed by atoms with E-state index in [-0.39, 0.29) is 7.21 Å². The fourth-order valence-electron chi connectivity index (χ4n) is 8.89. The fourth-order valence-corrected chi connectivity index (χ4v) is 9.23. The molecule has 1 heterocycles. The number of phenols is 1. The predicted octanol–water partition coefficient (Wildman–Crippen LogP) is 13.8. The van der Waals surface area contributed by atoms with Gasteiger partial charge in [0.1, 0.15) is 17.2 Å². The SMILES string of the molecule is CS(=O)(=O)O.Clc1ccc2c(c1)-c1c(ccc3ccccc13)C21c2ccccc2Oc2ccccc21.O=C1c2ccc(Cl)cc2-c2c1ccc1ccccc21.Oc1ccccc1.[2HH]. The summed E-state index contributed by atoms with van der Waals surface area (Å²) in [6.07, 6.45) is 0.715. The second-order valence-corrected chi connectivity index (χ2v) is 17.4. The molecule has 0 radical (unpaired) electrons. The first-order chi connectivity index (χ1) is 29.9. The first-order valence-electron chi connectivity index (χ1n) is 19.7. The molecule has 9 heteroatoms. The van der Waals surface area contributed by atoms with Gasteiger partial charge in [0.2, 0.25) is 0 Å². The summed E-state index contributed by atoms with van der Waals surface area (Å²) in [6.45, 7) is 0. The van der Waals surface area contributed by atoms with Gasteiger partial charge in [-0.2, -0.15) is 8.42 Å². The van der Waals surface area contributed by atoms with Crippen molar-refractivity contribution >= 4 is 60.6 Å². The van der Waals surface area contributed by atoms with Gasteiger partial charge in [-0.1, -0.05) is 151 Å². The number of halogens is 2. The number of carbonyl (C=O) groups excluding carboxylic acids is 1. The number of hydrogen-bond donors (Lipinski definition) is 2. The Balaban J connectivity index is 0.000000144. The zero-order valence-corrected chi connectivity index (χ0v) is 35.4. The van der Waals surface area contributed by atoms with Gasteiger partial charge < -0.3 is 9.84 Å². The van der Waals surface area contributed by atoms with Crippen LogP contribution in [0.4, 0.5) is 0 Å². The fraction of sp³-hybridized carbons (Fsp3) is 0.0377. The van der Waals surface area contributed by atoms with Gasteiger partial charge in [0.05, 0.1) is 11.7 Å². The van der Waals surface area contributed by atoms with Gasteiger partial charge in [-0.15, -0.1) is 0 Å². The van der Waals surface area contributed by atoms with Crippen LogP contribution in [0.3, 0.4) is 0 Å². The lowest BCUT2D eigenvalue weighted by Gasteiger charge is -2.39. The van der Waals surface area contributed by atoms with Crippen molar-refractivity contribution in [3.63, 3.8) is 0 Å². The Bertz CT molecular complexity index is 3280. The molecule has 1 spiro atoms. The Morgan fingerprint density at radius 2 is 0.968 bits per heavy atom. The normalized spacial score (nSPS) is 13.0. The summed E-state index contributed by atoms with van der Waals surface area (Å²) in [6, 6.07) is 62.5. The van der Waals surface area contributed by atoms with Gasteiger partial charge in [-0.3, -0.25) is 9.35 Å². The van der Waals surface area contributed by atoms with Gasteiger partial charge in [-0.25, -0.2) is 0 Å². The molecule has 6 nitrogen and oxygen atoms in total. The smallest absolute Gasteiger partial charge is 0.261 e.